The average molecular weight is 255 g/mol. The van der Waals surface area contributed by atoms with Crippen molar-refractivity contribution in [3.8, 4) is 11.5 Å². The van der Waals surface area contributed by atoms with Crippen LogP contribution in [0.5, 0.6) is 11.5 Å². The smallest absolute Gasteiger partial charge is 0.221 e. The van der Waals surface area contributed by atoms with E-state index in [-0.39, 0.29) is 5.91 Å². The first kappa shape index (κ1) is 11.4. The summed E-state index contributed by atoms with van der Waals surface area (Å²) in [6.45, 7) is 1.47. The Morgan fingerprint density at radius 3 is 2.58 bits per heavy atom. The van der Waals surface area contributed by atoms with Crippen LogP contribution < -0.4 is 21.1 Å². The SMILES string of the molecule is CC(=O)Nc1ccc2c(c1)Oc1cc(N)ccc1N2. The second kappa shape index (κ2) is 4.20. The Morgan fingerprint density at radius 1 is 1.16 bits per heavy atom. The van der Waals surface area contributed by atoms with Gasteiger partial charge in [0.1, 0.15) is 0 Å². The van der Waals surface area contributed by atoms with Crippen molar-refractivity contribution in [2.75, 3.05) is 16.4 Å². The summed E-state index contributed by atoms with van der Waals surface area (Å²) in [6.07, 6.45) is 0. The number of benzene rings is 2. The number of fused-ring (bicyclic) bond motifs is 2. The summed E-state index contributed by atoms with van der Waals surface area (Å²) < 4.78 is 5.79. The molecular weight excluding hydrogens is 242 g/mol. The minimum Gasteiger partial charge on any atom is -0.453 e. The van der Waals surface area contributed by atoms with Gasteiger partial charge in [0.15, 0.2) is 11.5 Å². The molecule has 0 saturated carbocycles. The van der Waals surface area contributed by atoms with E-state index in [0.29, 0.717) is 22.9 Å². The van der Waals surface area contributed by atoms with Gasteiger partial charge < -0.3 is 21.1 Å². The van der Waals surface area contributed by atoms with Crippen LogP contribution in [0.4, 0.5) is 22.7 Å². The maximum absolute atomic E-state index is 11.0. The Bertz CT molecular complexity index is 668. The zero-order valence-corrected chi connectivity index (χ0v) is 10.4. The lowest BCUT2D eigenvalue weighted by molar-refractivity contribution is -0.114. The van der Waals surface area contributed by atoms with Crippen LogP contribution in [0.15, 0.2) is 36.4 Å². The van der Waals surface area contributed by atoms with Gasteiger partial charge in [0.2, 0.25) is 5.91 Å². The van der Waals surface area contributed by atoms with Gasteiger partial charge in [-0.15, -0.1) is 0 Å². The Morgan fingerprint density at radius 2 is 1.84 bits per heavy atom. The Balaban J connectivity index is 1.96. The lowest BCUT2D eigenvalue weighted by atomic mass is 10.2. The van der Waals surface area contributed by atoms with Crippen molar-refractivity contribution in [1.82, 2.24) is 0 Å². The maximum Gasteiger partial charge on any atom is 0.221 e. The van der Waals surface area contributed by atoms with E-state index in [2.05, 4.69) is 10.6 Å². The van der Waals surface area contributed by atoms with Gasteiger partial charge in [0.05, 0.1) is 11.4 Å². The normalized spacial score (nSPS) is 11.6. The van der Waals surface area contributed by atoms with Gasteiger partial charge >= 0.3 is 0 Å². The molecule has 1 heterocycles. The predicted octanol–water partition coefficient (Wildman–Crippen LogP) is 3.08. The molecule has 2 aromatic rings. The summed E-state index contributed by atoms with van der Waals surface area (Å²) in [5.41, 5.74) is 8.79. The molecule has 3 rings (SSSR count). The molecule has 1 amide bonds. The van der Waals surface area contributed by atoms with Gasteiger partial charge in [0.25, 0.3) is 0 Å². The van der Waals surface area contributed by atoms with E-state index in [4.69, 9.17) is 10.5 Å². The largest absolute Gasteiger partial charge is 0.453 e. The quantitative estimate of drug-likeness (QED) is 0.584. The Hall–Kier alpha value is -2.69. The number of rotatable bonds is 1. The predicted molar refractivity (Wildman–Crippen MR) is 75.0 cm³/mol. The lowest BCUT2D eigenvalue weighted by Gasteiger charge is -2.22. The molecule has 0 aliphatic carbocycles. The van der Waals surface area contributed by atoms with Crippen molar-refractivity contribution < 1.29 is 9.53 Å². The van der Waals surface area contributed by atoms with Gasteiger partial charge in [0, 0.05) is 30.4 Å². The van der Waals surface area contributed by atoms with Crippen LogP contribution in [0.25, 0.3) is 0 Å². The molecule has 0 unspecified atom stereocenters. The van der Waals surface area contributed by atoms with Gasteiger partial charge in [-0.1, -0.05) is 0 Å². The van der Waals surface area contributed by atoms with Crippen LogP contribution in [-0.4, -0.2) is 5.91 Å². The van der Waals surface area contributed by atoms with Crippen molar-refractivity contribution >= 4 is 28.7 Å². The number of nitrogens with two attached hydrogens (primary N) is 1. The second-order valence-corrected chi connectivity index (χ2v) is 4.37. The van der Waals surface area contributed by atoms with E-state index < -0.39 is 0 Å². The molecule has 0 atom stereocenters. The van der Waals surface area contributed by atoms with Gasteiger partial charge in [-0.2, -0.15) is 0 Å². The zero-order valence-electron chi connectivity index (χ0n) is 10.4. The van der Waals surface area contributed by atoms with E-state index in [9.17, 15) is 4.79 Å². The summed E-state index contributed by atoms with van der Waals surface area (Å²) >= 11 is 0. The van der Waals surface area contributed by atoms with Crippen LogP contribution in [0, 0.1) is 0 Å². The fourth-order valence-corrected chi connectivity index (χ4v) is 1.98. The number of ether oxygens (including phenoxy) is 1. The molecule has 0 aromatic heterocycles. The molecule has 5 heteroatoms. The fraction of sp³-hybridized carbons (Fsp3) is 0.0714. The summed E-state index contributed by atoms with van der Waals surface area (Å²) in [5.74, 6) is 1.21. The average Bonchev–Trinajstić information content (AvgIpc) is 2.35. The third kappa shape index (κ3) is 2.18. The van der Waals surface area contributed by atoms with Gasteiger partial charge in [-0.3, -0.25) is 4.79 Å². The van der Waals surface area contributed by atoms with Crippen LogP contribution >= 0.6 is 0 Å². The van der Waals surface area contributed by atoms with Gasteiger partial charge in [-0.05, 0) is 24.3 Å². The highest BCUT2D eigenvalue weighted by Crippen LogP contribution is 2.43. The zero-order chi connectivity index (χ0) is 13.4. The maximum atomic E-state index is 11.0. The molecule has 4 N–H and O–H groups in total. The monoisotopic (exact) mass is 255 g/mol. The molecular formula is C14H13N3O2. The first-order valence-corrected chi connectivity index (χ1v) is 5.88. The van der Waals surface area contributed by atoms with Crippen molar-refractivity contribution in [2.24, 2.45) is 0 Å². The van der Waals surface area contributed by atoms with E-state index in [1.165, 1.54) is 6.92 Å². The highest BCUT2D eigenvalue weighted by molar-refractivity contribution is 5.90. The first-order valence-electron chi connectivity index (χ1n) is 5.88. The Labute approximate surface area is 110 Å². The molecule has 0 fully saturated rings. The number of hydrogen-bond acceptors (Lipinski definition) is 4. The molecule has 0 saturated heterocycles. The highest BCUT2D eigenvalue weighted by Gasteiger charge is 2.16. The van der Waals surface area contributed by atoms with E-state index in [1.54, 1.807) is 12.1 Å². The number of nitrogen functional groups attached to an aromatic ring is 1. The molecule has 96 valence electrons. The highest BCUT2D eigenvalue weighted by atomic mass is 16.5. The van der Waals surface area contributed by atoms with Crippen LogP contribution in [0.3, 0.4) is 0 Å². The first-order chi connectivity index (χ1) is 9.11. The summed E-state index contributed by atoms with van der Waals surface area (Å²) in [6, 6.07) is 10.9. The molecule has 0 bridgehead atoms. The second-order valence-electron chi connectivity index (χ2n) is 4.37. The molecule has 1 aliphatic heterocycles. The molecule has 19 heavy (non-hydrogen) atoms. The lowest BCUT2D eigenvalue weighted by Crippen LogP contribution is -2.07. The number of amides is 1. The van der Waals surface area contributed by atoms with Crippen LogP contribution in [-0.2, 0) is 4.79 Å². The van der Waals surface area contributed by atoms with Gasteiger partial charge in [-0.25, -0.2) is 0 Å². The molecule has 1 aliphatic rings. The summed E-state index contributed by atoms with van der Waals surface area (Å²) in [7, 11) is 0. The summed E-state index contributed by atoms with van der Waals surface area (Å²) in [5, 5.41) is 5.97. The molecule has 2 aromatic carbocycles. The van der Waals surface area contributed by atoms with E-state index in [0.717, 1.165) is 11.4 Å². The van der Waals surface area contributed by atoms with Crippen LogP contribution in [0.2, 0.25) is 0 Å². The third-order valence-corrected chi connectivity index (χ3v) is 2.80. The van der Waals surface area contributed by atoms with Crippen molar-refractivity contribution in [1.29, 1.82) is 0 Å². The minimum atomic E-state index is -0.117. The number of hydrogen-bond donors (Lipinski definition) is 3. The number of carbonyl (C=O) groups excluding carboxylic acids is 1. The molecule has 0 radical (unpaired) electrons. The Kier molecular flexibility index (Phi) is 2.52. The van der Waals surface area contributed by atoms with Crippen molar-refractivity contribution in [3.05, 3.63) is 36.4 Å². The van der Waals surface area contributed by atoms with E-state index in [1.807, 2.05) is 24.3 Å². The molecule has 0 spiro atoms. The minimum absolute atomic E-state index is 0.117. The molecule has 5 nitrogen and oxygen atoms in total. The number of nitrogens with one attached hydrogen (secondary N) is 2. The van der Waals surface area contributed by atoms with Crippen molar-refractivity contribution in [2.45, 2.75) is 6.92 Å². The third-order valence-electron chi connectivity index (χ3n) is 2.80. The summed E-state index contributed by atoms with van der Waals surface area (Å²) in [4.78, 5) is 11.0. The van der Waals surface area contributed by atoms with Crippen molar-refractivity contribution in [3.63, 3.8) is 0 Å². The topological polar surface area (TPSA) is 76.4 Å². The van der Waals surface area contributed by atoms with Crippen LogP contribution in [0.1, 0.15) is 6.92 Å². The standard InChI is InChI=1S/C14H13N3O2/c1-8(18)16-10-3-5-12-14(7-10)19-13-6-9(15)2-4-11(13)17-12/h2-7,17H,15H2,1H3,(H,16,18). The van der Waals surface area contributed by atoms with E-state index >= 15 is 0 Å². The number of carbonyl (C=O) groups is 1. The fourth-order valence-electron chi connectivity index (χ4n) is 1.98. The number of anilines is 4.